The molecule has 142 valence electrons. The van der Waals surface area contributed by atoms with Crippen molar-refractivity contribution in [1.82, 2.24) is 9.62 Å². The van der Waals surface area contributed by atoms with Gasteiger partial charge in [0.2, 0.25) is 15.9 Å². The molecule has 0 aromatic heterocycles. The normalized spacial score (nSPS) is 32.4. The van der Waals surface area contributed by atoms with Crippen LogP contribution in [0, 0.1) is 31.6 Å². The van der Waals surface area contributed by atoms with Crippen LogP contribution in [0.1, 0.15) is 30.4 Å². The summed E-state index contributed by atoms with van der Waals surface area (Å²) in [5.74, 6) is 1.23. The van der Waals surface area contributed by atoms with E-state index in [0.29, 0.717) is 24.3 Å². The molecular weight excluding hydrogens is 352 g/mol. The first-order valence-corrected chi connectivity index (χ1v) is 10.8. The zero-order chi connectivity index (χ0) is 18.6. The van der Waals surface area contributed by atoms with Crippen LogP contribution in [0.25, 0.3) is 0 Å². The molecule has 2 saturated carbocycles. The predicted octanol–water partition coefficient (Wildman–Crippen LogP) is 1.20. The highest BCUT2D eigenvalue weighted by Crippen LogP contribution is 2.54. The summed E-state index contributed by atoms with van der Waals surface area (Å²) in [5.41, 5.74) is 1.96. The van der Waals surface area contributed by atoms with Gasteiger partial charge in [0.25, 0.3) is 0 Å². The summed E-state index contributed by atoms with van der Waals surface area (Å²) in [4.78, 5) is 14.6. The third kappa shape index (κ3) is 2.86. The maximum atomic E-state index is 12.6. The minimum atomic E-state index is -3.62. The number of aliphatic hydroxyl groups excluding tert-OH is 1. The average molecular weight is 378 g/mol. The van der Waals surface area contributed by atoms with Crippen molar-refractivity contribution in [3.05, 3.63) is 29.3 Å². The van der Waals surface area contributed by atoms with Crippen LogP contribution in [0.3, 0.4) is 0 Å². The van der Waals surface area contributed by atoms with E-state index in [1.165, 1.54) is 0 Å². The largest absolute Gasteiger partial charge is 0.391 e. The highest BCUT2D eigenvalue weighted by Gasteiger charge is 2.59. The van der Waals surface area contributed by atoms with Crippen LogP contribution in [0.5, 0.6) is 0 Å². The smallest absolute Gasteiger partial charge is 0.240 e. The maximum absolute atomic E-state index is 12.6. The Labute approximate surface area is 154 Å². The first kappa shape index (κ1) is 17.9. The predicted molar refractivity (Wildman–Crippen MR) is 96.9 cm³/mol. The van der Waals surface area contributed by atoms with Crippen molar-refractivity contribution < 1.29 is 18.3 Å². The molecule has 0 spiro atoms. The topological polar surface area (TPSA) is 86.7 Å². The fourth-order valence-corrected chi connectivity index (χ4v) is 6.22. The van der Waals surface area contributed by atoms with Crippen LogP contribution in [-0.2, 0) is 14.8 Å². The van der Waals surface area contributed by atoms with Gasteiger partial charge in [0, 0.05) is 19.5 Å². The molecule has 26 heavy (non-hydrogen) atoms. The summed E-state index contributed by atoms with van der Waals surface area (Å²) < 4.78 is 27.4. The maximum Gasteiger partial charge on any atom is 0.240 e. The quantitative estimate of drug-likeness (QED) is 0.806. The van der Waals surface area contributed by atoms with Gasteiger partial charge in [0.05, 0.1) is 17.0 Å². The van der Waals surface area contributed by atoms with Gasteiger partial charge in [-0.25, -0.2) is 13.1 Å². The zero-order valence-corrected chi connectivity index (χ0v) is 16.0. The molecule has 5 atom stereocenters. The first-order valence-electron chi connectivity index (χ1n) is 9.32. The number of hydrogen-bond donors (Lipinski definition) is 2. The molecule has 7 heteroatoms. The summed E-state index contributed by atoms with van der Waals surface area (Å²) in [7, 11) is -3.62. The molecule has 0 radical (unpaired) electrons. The zero-order valence-electron chi connectivity index (χ0n) is 15.2. The number of hydrogen-bond acceptors (Lipinski definition) is 4. The molecule has 3 aliphatic rings. The molecular formula is C19H26N2O4S. The SMILES string of the molecule is Cc1ccc(S(=O)(=O)NCCC(=O)N2CC3CC4CC3C2C4O)cc1C. The van der Waals surface area contributed by atoms with Gasteiger partial charge in [-0.15, -0.1) is 0 Å². The van der Waals surface area contributed by atoms with Gasteiger partial charge >= 0.3 is 0 Å². The Morgan fingerprint density at radius 2 is 2.00 bits per heavy atom. The number of aryl methyl sites for hydroxylation is 2. The summed E-state index contributed by atoms with van der Waals surface area (Å²) in [5, 5.41) is 10.4. The second-order valence-corrected chi connectivity index (χ2v) is 9.84. The number of carbonyl (C=O) groups is 1. The minimum absolute atomic E-state index is 0.0531. The van der Waals surface area contributed by atoms with Crippen molar-refractivity contribution in [3.63, 3.8) is 0 Å². The van der Waals surface area contributed by atoms with Crippen molar-refractivity contribution in [3.8, 4) is 0 Å². The van der Waals surface area contributed by atoms with Crippen molar-refractivity contribution in [2.24, 2.45) is 17.8 Å². The van der Waals surface area contributed by atoms with Crippen LogP contribution < -0.4 is 4.72 Å². The lowest BCUT2D eigenvalue weighted by Crippen LogP contribution is -2.44. The number of aliphatic hydroxyl groups is 1. The number of fused-ring (bicyclic) bond motifs is 1. The fraction of sp³-hybridized carbons (Fsp3) is 0.632. The van der Waals surface area contributed by atoms with Crippen molar-refractivity contribution in [2.45, 2.75) is 50.2 Å². The second-order valence-electron chi connectivity index (χ2n) is 8.08. The van der Waals surface area contributed by atoms with Crippen LogP contribution in [0.2, 0.25) is 0 Å². The Hall–Kier alpha value is -1.44. The van der Waals surface area contributed by atoms with E-state index in [9.17, 15) is 18.3 Å². The number of amides is 1. The monoisotopic (exact) mass is 378 g/mol. The molecule has 2 N–H and O–H groups in total. The van der Waals surface area contributed by atoms with Crippen LogP contribution in [0.4, 0.5) is 0 Å². The van der Waals surface area contributed by atoms with E-state index in [0.717, 1.165) is 24.0 Å². The highest BCUT2D eigenvalue weighted by atomic mass is 32.2. The molecule has 1 amide bonds. The molecule has 4 rings (SSSR count). The minimum Gasteiger partial charge on any atom is -0.391 e. The molecule has 1 heterocycles. The summed E-state index contributed by atoms with van der Waals surface area (Å²) in [6.07, 6.45) is 1.76. The molecule has 3 fully saturated rings. The third-order valence-electron chi connectivity index (χ3n) is 6.59. The van der Waals surface area contributed by atoms with E-state index in [2.05, 4.69) is 4.72 Å². The van der Waals surface area contributed by atoms with Gasteiger partial charge in [0.1, 0.15) is 0 Å². The lowest BCUT2D eigenvalue weighted by Gasteiger charge is -2.29. The van der Waals surface area contributed by atoms with Gasteiger partial charge in [-0.2, -0.15) is 0 Å². The van der Waals surface area contributed by atoms with E-state index in [4.69, 9.17) is 0 Å². The van der Waals surface area contributed by atoms with Gasteiger partial charge < -0.3 is 10.0 Å². The lowest BCUT2D eigenvalue weighted by molar-refractivity contribution is -0.133. The summed E-state index contributed by atoms with van der Waals surface area (Å²) in [6, 6.07) is 4.96. The molecule has 1 aliphatic heterocycles. The average Bonchev–Trinajstić information content (AvgIpc) is 3.19. The summed E-state index contributed by atoms with van der Waals surface area (Å²) in [6.45, 7) is 4.60. The van der Waals surface area contributed by atoms with Gasteiger partial charge in [-0.1, -0.05) is 6.07 Å². The summed E-state index contributed by atoms with van der Waals surface area (Å²) >= 11 is 0. The Balaban J connectivity index is 1.36. The van der Waals surface area contributed by atoms with Crippen LogP contribution in [-0.4, -0.2) is 49.6 Å². The van der Waals surface area contributed by atoms with Gasteiger partial charge in [-0.3, -0.25) is 4.79 Å². The molecule has 2 aliphatic carbocycles. The molecule has 2 bridgehead atoms. The Morgan fingerprint density at radius 1 is 1.23 bits per heavy atom. The molecule has 1 aromatic rings. The number of rotatable bonds is 5. The second kappa shape index (κ2) is 6.32. The lowest BCUT2D eigenvalue weighted by atomic mass is 9.88. The van der Waals surface area contributed by atoms with Gasteiger partial charge in [0.15, 0.2) is 0 Å². The van der Waals surface area contributed by atoms with Crippen LogP contribution in [0.15, 0.2) is 23.1 Å². The molecule has 6 nitrogen and oxygen atoms in total. The molecule has 5 unspecified atom stereocenters. The van der Waals surface area contributed by atoms with Crippen molar-refractivity contribution in [1.29, 1.82) is 0 Å². The first-order chi connectivity index (χ1) is 12.3. The number of carbonyl (C=O) groups excluding carboxylic acids is 1. The van der Waals surface area contributed by atoms with Crippen LogP contribution >= 0.6 is 0 Å². The number of nitrogens with one attached hydrogen (secondary N) is 1. The van der Waals surface area contributed by atoms with E-state index in [-0.39, 0.29) is 29.8 Å². The number of likely N-dealkylation sites (tertiary alicyclic amines) is 1. The van der Waals surface area contributed by atoms with E-state index >= 15 is 0 Å². The Morgan fingerprint density at radius 3 is 2.69 bits per heavy atom. The molecule has 1 aromatic carbocycles. The van der Waals surface area contributed by atoms with E-state index in [1.807, 2.05) is 13.8 Å². The number of nitrogens with zero attached hydrogens (tertiary/aromatic N) is 1. The highest BCUT2D eigenvalue weighted by molar-refractivity contribution is 7.89. The Bertz CT molecular complexity index is 836. The fourth-order valence-electron chi connectivity index (χ4n) is 5.10. The number of benzene rings is 1. The van der Waals surface area contributed by atoms with Gasteiger partial charge in [-0.05, 0) is 67.7 Å². The van der Waals surface area contributed by atoms with E-state index in [1.54, 1.807) is 23.1 Å². The standard InChI is InChI=1S/C19H26N2O4S/c1-11-3-4-15(7-12(11)2)26(24,25)20-6-5-17(22)21-10-14-8-13-9-16(14)18(21)19(13)23/h3-4,7,13-14,16,18-20,23H,5-6,8-10H2,1-2H3. The van der Waals surface area contributed by atoms with E-state index < -0.39 is 16.1 Å². The van der Waals surface area contributed by atoms with Crippen molar-refractivity contribution >= 4 is 15.9 Å². The van der Waals surface area contributed by atoms with Crippen molar-refractivity contribution in [2.75, 3.05) is 13.1 Å². The molecule has 1 saturated heterocycles. The third-order valence-corrected chi connectivity index (χ3v) is 8.05. The Kier molecular flexibility index (Phi) is 4.36. The number of sulfonamides is 1.